The van der Waals surface area contributed by atoms with Crippen LogP contribution in [0, 0.1) is 0 Å². The highest BCUT2D eigenvalue weighted by Crippen LogP contribution is 2.25. The van der Waals surface area contributed by atoms with Crippen LogP contribution in [0.15, 0.2) is 39.1 Å². The molecule has 0 saturated carbocycles. The molecule has 1 aromatic heterocycles. The molecule has 18 heavy (non-hydrogen) atoms. The molecule has 3 N–H and O–H groups in total. The molecule has 0 amide bonds. The van der Waals surface area contributed by atoms with Gasteiger partial charge in [0, 0.05) is 11.4 Å². The smallest absolute Gasteiger partial charge is 0.330 e. The second-order valence-electron chi connectivity index (χ2n) is 3.84. The second-order valence-corrected chi connectivity index (χ2v) is 4.88. The lowest BCUT2D eigenvalue weighted by atomic mass is 10.2. The summed E-state index contributed by atoms with van der Waals surface area (Å²) in [6.45, 7) is 3.19. The Hall–Kier alpha value is -1.53. The van der Waals surface area contributed by atoms with Crippen LogP contribution >= 0.6 is 11.8 Å². The fourth-order valence-corrected chi connectivity index (χ4v) is 2.55. The SMILES string of the molecule is CCn1c(Sc2ccc(CCN)cc2)n[nH]c1=O. The van der Waals surface area contributed by atoms with E-state index in [0.717, 1.165) is 11.3 Å². The van der Waals surface area contributed by atoms with Crippen LogP contribution in [0.3, 0.4) is 0 Å². The maximum absolute atomic E-state index is 11.4. The lowest BCUT2D eigenvalue weighted by Gasteiger charge is -2.03. The Morgan fingerprint density at radius 2 is 2.11 bits per heavy atom. The quantitative estimate of drug-likeness (QED) is 0.852. The Morgan fingerprint density at radius 1 is 1.39 bits per heavy atom. The van der Waals surface area contributed by atoms with E-state index in [1.54, 1.807) is 4.57 Å². The zero-order valence-corrected chi connectivity index (χ0v) is 11.0. The molecule has 0 aliphatic heterocycles. The molecule has 0 fully saturated rings. The molecule has 0 saturated heterocycles. The van der Waals surface area contributed by atoms with Gasteiger partial charge in [-0.3, -0.25) is 4.57 Å². The number of aromatic nitrogens is 3. The predicted molar refractivity (Wildman–Crippen MR) is 71.8 cm³/mol. The van der Waals surface area contributed by atoms with E-state index in [1.807, 2.05) is 19.1 Å². The Labute approximate surface area is 109 Å². The number of nitrogens with two attached hydrogens (primary N) is 1. The Morgan fingerprint density at radius 3 is 2.72 bits per heavy atom. The lowest BCUT2D eigenvalue weighted by Crippen LogP contribution is -2.15. The van der Waals surface area contributed by atoms with Crippen molar-refractivity contribution in [1.29, 1.82) is 0 Å². The van der Waals surface area contributed by atoms with Gasteiger partial charge in [0.15, 0.2) is 5.16 Å². The number of aromatic amines is 1. The Balaban J connectivity index is 2.15. The highest BCUT2D eigenvalue weighted by Gasteiger charge is 2.07. The predicted octanol–water partition coefficient (Wildman–Crippen LogP) is 1.24. The van der Waals surface area contributed by atoms with Gasteiger partial charge in [-0.2, -0.15) is 0 Å². The molecular formula is C12H16N4OS. The van der Waals surface area contributed by atoms with Crippen molar-refractivity contribution in [2.75, 3.05) is 6.54 Å². The molecule has 1 aromatic carbocycles. The highest BCUT2D eigenvalue weighted by atomic mass is 32.2. The first-order valence-corrected chi connectivity index (χ1v) is 6.68. The van der Waals surface area contributed by atoms with Crippen LogP contribution in [0.25, 0.3) is 0 Å². The molecule has 0 aliphatic carbocycles. The zero-order valence-electron chi connectivity index (χ0n) is 10.2. The first-order chi connectivity index (χ1) is 8.74. The summed E-state index contributed by atoms with van der Waals surface area (Å²) in [5.41, 5.74) is 6.56. The number of nitrogens with one attached hydrogen (secondary N) is 1. The molecule has 0 radical (unpaired) electrons. The minimum absolute atomic E-state index is 0.167. The number of H-pyrrole nitrogens is 1. The average molecular weight is 264 g/mol. The van der Waals surface area contributed by atoms with Crippen LogP contribution in [-0.4, -0.2) is 21.3 Å². The van der Waals surface area contributed by atoms with Crippen molar-refractivity contribution in [3.05, 3.63) is 40.3 Å². The van der Waals surface area contributed by atoms with E-state index in [9.17, 15) is 4.79 Å². The van der Waals surface area contributed by atoms with E-state index in [1.165, 1.54) is 17.3 Å². The molecule has 2 rings (SSSR count). The molecule has 2 aromatic rings. The monoisotopic (exact) mass is 264 g/mol. The fourth-order valence-electron chi connectivity index (χ4n) is 1.66. The zero-order chi connectivity index (χ0) is 13.0. The van der Waals surface area contributed by atoms with Gasteiger partial charge in [-0.25, -0.2) is 9.89 Å². The lowest BCUT2D eigenvalue weighted by molar-refractivity contribution is 0.660. The molecule has 6 heteroatoms. The number of rotatable bonds is 5. The maximum atomic E-state index is 11.4. The molecule has 5 nitrogen and oxygen atoms in total. The summed E-state index contributed by atoms with van der Waals surface area (Å²) < 4.78 is 1.61. The summed E-state index contributed by atoms with van der Waals surface area (Å²) in [5.74, 6) is 0. The van der Waals surface area contributed by atoms with E-state index in [4.69, 9.17) is 5.73 Å². The number of nitrogens with zero attached hydrogens (tertiary/aromatic N) is 2. The van der Waals surface area contributed by atoms with Crippen LogP contribution in [0.4, 0.5) is 0 Å². The molecule has 0 spiro atoms. The van der Waals surface area contributed by atoms with E-state index in [-0.39, 0.29) is 5.69 Å². The molecule has 1 heterocycles. The normalized spacial score (nSPS) is 10.8. The van der Waals surface area contributed by atoms with Crippen molar-refractivity contribution in [2.24, 2.45) is 5.73 Å². The first-order valence-electron chi connectivity index (χ1n) is 5.86. The van der Waals surface area contributed by atoms with Gasteiger partial charge < -0.3 is 5.73 Å². The third kappa shape index (κ3) is 2.83. The molecule has 0 unspecified atom stereocenters. The van der Waals surface area contributed by atoms with Crippen molar-refractivity contribution in [2.45, 2.75) is 29.9 Å². The van der Waals surface area contributed by atoms with Crippen LogP contribution in [-0.2, 0) is 13.0 Å². The van der Waals surface area contributed by atoms with E-state index in [0.29, 0.717) is 18.2 Å². The minimum Gasteiger partial charge on any atom is -0.330 e. The Bertz CT molecular complexity index is 558. The van der Waals surface area contributed by atoms with Crippen molar-refractivity contribution < 1.29 is 0 Å². The molecular weight excluding hydrogens is 248 g/mol. The number of hydrogen-bond acceptors (Lipinski definition) is 4. The summed E-state index contributed by atoms with van der Waals surface area (Å²) in [7, 11) is 0. The topological polar surface area (TPSA) is 76.7 Å². The summed E-state index contributed by atoms with van der Waals surface area (Å²) in [6, 6.07) is 8.15. The Kier molecular flexibility index (Phi) is 4.22. The van der Waals surface area contributed by atoms with Gasteiger partial charge in [-0.15, -0.1) is 5.10 Å². The largest absolute Gasteiger partial charge is 0.343 e. The average Bonchev–Trinajstić information content (AvgIpc) is 2.72. The summed E-state index contributed by atoms with van der Waals surface area (Å²) in [4.78, 5) is 12.5. The standard InChI is InChI=1S/C12H16N4OS/c1-2-16-11(17)14-15-12(16)18-10-5-3-9(4-6-10)7-8-13/h3-6H,2,7-8,13H2,1H3,(H,14,17). The van der Waals surface area contributed by atoms with E-state index in [2.05, 4.69) is 22.3 Å². The van der Waals surface area contributed by atoms with Crippen LogP contribution < -0.4 is 11.4 Å². The van der Waals surface area contributed by atoms with Crippen LogP contribution in [0.1, 0.15) is 12.5 Å². The van der Waals surface area contributed by atoms with Gasteiger partial charge in [0.25, 0.3) is 0 Å². The van der Waals surface area contributed by atoms with E-state index < -0.39 is 0 Å². The van der Waals surface area contributed by atoms with Crippen molar-refractivity contribution >= 4 is 11.8 Å². The number of benzene rings is 1. The fraction of sp³-hybridized carbons (Fsp3) is 0.333. The first kappa shape index (κ1) is 12.9. The van der Waals surface area contributed by atoms with Crippen LogP contribution in [0.2, 0.25) is 0 Å². The van der Waals surface area contributed by atoms with Gasteiger partial charge in [0.05, 0.1) is 0 Å². The summed E-state index contributed by atoms with van der Waals surface area (Å²) in [5, 5.41) is 7.16. The van der Waals surface area contributed by atoms with Crippen LogP contribution in [0.5, 0.6) is 0 Å². The van der Waals surface area contributed by atoms with Gasteiger partial charge in [0.1, 0.15) is 0 Å². The third-order valence-corrected chi connectivity index (χ3v) is 3.61. The molecule has 0 aliphatic rings. The van der Waals surface area contributed by atoms with Gasteiger partial charge in [-0.05, 0) is 49.3 Å². The second kappa shape index (κ2) is 5.88. The highest BCUT2D eigenvalue weighted by molar-refractivity contribution is 7.99. The molecule has 96 valence electrons. The van der Waals surface area contributed by atoms with E-state index >= 15 is 0 Å². The van der Waals surface area contributed by atoms with Gasteiger partial charge in [0.2, 0.25) is 0 Å². The van der Waals surface area contributed by atoms with Gasteiger partial charge >= 0.3 is 5.69 Å². The summed E-state index contributed by atoms with van der Waals surface area (Å²) in [6.07, 6.45) is 0.882. The third-order valence-electron chi connectivity index (χ3n) is 2.60. The van der Waals surface area contributed by atoms with Crippen molar-refractivity contribution in [3.63, 3.8) is 0 Å². The maximum Gasteiger partial charge on any atom is 0.343 e. The van der Waals surface area contributed by atoms with Crippen molar-refractivity contribution in [3.8, 4) is 0 Å². The minimum atomic E-state index is -0.167. The van der Waals surface area contributed by atoms with Crippen molar-refractivity contribution in [1.82, 2.24) is 14.8 Å². The molecule has 0 bridgehead atoms. The summed E-state index contributed by atoms with van der Waals surface area (Å²) >= 11 is 1.48. The van der Waals surface area contributed by atoms with Gasteiger partial charge in [-0.1, -0.05) is 12.1 Å². The molecule has 0 atom stereocenters. The number of hydrogen-bond donors (Lipinski definition) is 2.